The molecule has 0 aromatic heterocycles. The van der Waals surface area contributed by atoms with E-state index in [1.54, 1.807) is 0 Å². The van der Waals surface area contributed by atoms with Crippen molar-refractivity contribution in [1.82, 2.24) is 0 Å². The van der Waals surface area contributed by atoms with Gasteiger partial charge in [-0.2, -0.15) is 0 Å². The van der Waals surface area contributed by atoms with Gasteiger partial charge in [0.1, 0.15) is 0 Å². The van der Waals surface area contributed by atoms with Crippen LogP contribution in [0.25, 0.3) is 0 Å². The summed E-state index contributed by atoms with van der Waals surface area (Å²) in [7, 11) is -1.32. The Kier molecular flexibility index (Phi) is 9.75. The summed E-state index contributed by atoms with van der Waals surface area (Å²) in [6.07, 6.45) is 5.34. The SMILES string of the molecule is CCCC[Si](CI)(CCCC)OCC. The first kappa shape index (κ1) is 14.9. The largest absolute Gasteiger partial charge is 0.416 e. The van der Waals surface area contributed by atoms with Crippen molar-refractivity contribution >= 4 is 30.9 Å². The molecule has 0 atom stereocenters. The Morgan fingerprint density at radius 3 is 1.79 bits per heavy atom. The Morgan fingerprint density at radius 1 is 1.00 bits per heavy atom. The smallest absolute Gasteiger partial charge is 0.202 e. The number of hydrogen-bond acceptors (Lipinski definition) is 1. The van der Waals surface area contributed by atoms with E-state index in [4.69, 9.17) is 4.43 Å². The van der Waals surface area contributed by atoms with Crippen LogP contribution in [0.5, 0.6) is 0 Å². The first-order valence-corrected chi connectivity index (χ1v) is 10.00. The zero-order valence-electron chi connectivity index (χ0n) is 9.94. The summed E-state index contributed by atoms with van der Waals surface area (Å²) < 4.78 is 7.39. The molecule has 3 heteroatoms. The molecule has 0 saturated carbocycles. The molecular formula is C11H25IOSi. The number of unbranched alkanes of at least 4 members (excludes halogenated alkanes) is 2. The number of hydrogen-bond donors (Lipinski definition) is 0. The Morgan fingerprint density at radius 2 is 1.50 bits per heavy atom. The van der Waals surface area contributed by atoms with Crippen molar-refractivity contribution in [3.63, 3.8) is 0 Å². The van der Waals surface area contributed by atoms with Crippen molar-refractivity contribution in [2.24, 2.45) is 0 Å². The van der Waals surface area contributed by atoms with Crippen molar-refractivity contribution in [2.45, 2.75) is 58.5 Å². The highest BCUT2D eigenvalue weighted by Gasteiger charge is 2.31. The third kappa shape index (κ3) is 5.71. The normalized spacial score (nSPS) is 12.0. The fourth-order valence-corrected chi connectivity index (χ4v) is 8.19. The molecule has 86 valence electrons. The predicted octanol–water partition coefficient (Wildman–Crippen LogP) is 4.54. The van der Waals surface area contributed by atoms with Crippen molar-refractivity contribution in [1.29, 1.82) is 0 Å². The topological polar surface area (TPSA) is 9.23 Å². The fraction of sp³-hybridized carbons (Fsp3) is 1.00. The summed E-state index contributed by atoms with van der Waals surface area (Å²) in [6, 6.07) is 2.75. The minimum Gasteiger partial charge on any atom is -0.416 e. The van der Waals surface area contributed by atoms with Gasteiger partial charge in [0.2, 0.25) is 8.32 Å². The van der Waals surface area contributed by atoms with Gasteiger partial charge in [-0.3, -0.25) is 0 Å². The van der Waals surface area contributed by atoms with Crippen molar-refractivity contribution in [2.75, 3.05) is 10.7 Å². The van der Waals surface area contributed by atoms with E-state index in [1.807, 2.05) is 0 Å². The average Bonchev–Trinajstić information content (AvgIpc) is 2.22. The van der Waals surface area contributed by atoms with Crippen LogP contribution in [0.15, 0.2) is 0 Å². The molecule has 1 nitrogen and oxygen atoms in total. The maximum Gasteiger partial charge on any atom is 0.202 e. The van der Waals surface area contributed by atoms with Gasteiger partial charge in [0.15, 0.2) is 0 Å². The lowest BCUT2D eigenvalue weighted by Crippen LogP contribution is -2.40. The molecule has 0 heterocycles. The van der Waals surface area contributed by atoms with E-state index in [0.717, 1.165) is 6.61 Å². The first-order chi connectivity index (χ1) is 6.74. The number of halogens is 1. The standard InChI is InChI=1S/C11H25IOSi/c1-4-7-9-14(11-12,13-6-3)10-8-5-2/h4-11H2,1-3H3. The van der Waals surface area contributed by atoms with Gasteiger partial charge in [0.25, 0.3) is 0 Å². The molecule has 0 aliphatic carbocycles. The highest BCUT2D eigenvalue weighted by Crippen LogP contribution is 2.25. The minimum absolute atomic E-state index is 0.919. The zero-order chi connectivity index (χ0) is 10.9. The Bertz CT molecular complexity index is 122. The molecule has 0 aromatic carbocycles. The minimum atomic E-state index is -1.32. The van der Waals surface area contributed by atoms with Crippen molar-refractivity contribution < 1.29 is 4.43 Å². The summed E-state index contributed by atoms with van der Waals surface area (Å²) in [5, 5.41) is 0. The van der Waals surface area contributed by atoms with E-state index in [9.17, 15) is 0 Å². The Labute approximate surface area is 104 Å². The lowest BCUT2D eigenvalue weighted by molar-refractivity contribution is 0.321. The highest BCUT2D eigenvalue weighted by atomic mass is 127. The van der Waals surface area contributed by atoms with E-state index < -0.39 is 8.32 Å². The van der Waals surface area contributed by atoms with Gasteiger partial charge in [-0.15, -0.1) is 0 Å². The van der Waals surface area contributed by atoms with Crippen LogP contribution < -0.4 is 0 Å². The van der Waals surface area contributed by atoms with Crippen LogP contribution in [-0.4, -0.2) is 19.0 Å². The Hall–Kier alpha value is 0.907. The van der Waals surface area contributed by atoms with E-state index in [-0.39, 0.29) is 0 Å². The van der Waals surface area contributed by atoms with Crippen LogP contribution >= 0.6 is 22.6 Å². The molecule has 0 spiro atoms. The molecule has 0 radical (unpaired) electrons. The quantitative estimate of drug-likeness (QED) is 0.343. The van der Waals surface area contributed by atoms with Crippen molar-refractivity contribution in [3.05, 3.63) is 0 Å². The second-order valence-electron chi connectivity index (χ2n) is 3.96. The average molecular weight is 328 g/mol. The van der Waals surface area contributed by atoms with Crippen LogP contribution in [-0.2, 0) is 4.43 Å². The summed E-state index contributed by atoms with van der Waals surface area (Å²) in [6.45, 7) is 7.62. The molecule has 0 aliphatic rings. The molecule has 0 unspecified atom stereocenters. The molecule has 14 heavy (non-hydrogen) atoms. The molecular weight excluding hydrogens is 303 g/mol. The van der Waals surface area contributed by atoms with Crippen LogP contribution in [0.1, 0.15) is 46.5 Å². The molecule has 0 N–H and O–H groups in total. The van der Waals surface area contributed by atoms with Gasteiger partial charge in [-0.25, -0.2) is 0 Å². The summed E-state index contributed by atoms with van der Waals surface area (Å²) in [5.74, 6) is 0. The van der Waals surface area contributed by atoms with Crippen LogP contribution in [0.3, 0.4) is 0 Å². The molecule has 0 fully saturated rings. The van der Waals surface area contributed by atoms with E-state index in [1.165, 1.54) is 41.8 Å². The zero-order valence-corrected chi connectivity index (χ0v) is 13.1. The summed E-state index contributed by atoms with van der Waals surface area (Å²) in [5.41, 5.74) is 0. The van der Waals surface area contributed by atoms with E-state index in [0.29, 0.717) is 0 Å². The third-order valence-corrected chi connectivity index (χ3v) is 10.8. The molecule has 0 aliphatic heterocycles. The van der Waals surface area contributed by atoms with Crippen LogP contribution in [0.4, 0.5) is 0 Å². The van der Waals surface area contributed by atoms with E-state index >= 15 is 0 Å². The van der Waals surface area contributed by atoms with Gasteiger partial charge >= 0.3 is 0 Å². The summed E-state index contributed by atoms with van der Waals surface area (Å²) in [4.78, 5) is 0. The molecule has 0 amide bonds. The van der Waals surface area contributed by atoms with Gasteiger partial charge in [0, 0.05) is 10.7 Å². The van der Waals surface area contributed by atoms with E-state index in [2.05, 4.69) is 43.4 Å². The van der Waals surface area contributed by atoms with Gasteiger partial charge in [-0.05, 0) is 19.0 Å². The maximum absolute atomic E-state index is 6.11. The Balaban J connectivity index is 4.11. The van der Waals surface area contributed by atoms with Crippen molar-refractivity contribution in [3.8, 4) is 0 Å². The van der Waals surface area contributed by atoms with Gasteiger partial charge < -0.3 is 4.43 Å². The monoisotopic (exact) mass is 328 g/mol. The van der Waals surface area contributed by atoms with Gasteiger partial charge in [0.05, 0.1) is 0 Å². The molecule has 0 bridgehead atoms. The summed E-state index contributed by atoms with van der Waals surface area (Å²) >= 11 is 2.54. The lowest BCUT2D eigenvalue weighted by Gasteiger charge is -2.29. The second kappa shape index (κ2) is 9.16. The maximum atomic E-state index is 6.11. The molecule has 0 saturated heterocycles. The molecule has 0 rings (SSSR count). The predicted molar refractivity (Wildman–Crippen MR) is 75.7 cm³/mol. The van der Waals surface area contributed by atoms with Gasteiger partial charge in [-0.1, -0.05) is 62.1 Å². The lowest BCUT2D eigenvalue weighted by atomic mass is 10.4. The third-order valence-electron chi connectivity index (χ3n) is 2.67. The van der Waals surface area contributed by atoms with Crippen LogP contribution in [0.2, 0.25) is 12.1 Å². The van der Waals surface area contributed by atoms with Crippen LogP contribution in [0, 0.1) is 0 Å². The number of alkyl halides is 1. The highest BCUT2D eigenvalue weighted by molar-refractivity contribution is 14.1. The number of rotatable bonds is 9. The fourth-order valence-electron chi connectivity index (χ4n) is 1.75. The molecule has 0 aromatic rings. The second-order valence-corrected chi connectivity index (χ2v) is 10.2. The first-order valence-electron chi connectivity index (χ1n) is 5.94.